The highest BCUT2D eigenvalue weighted by atomic mass is 16.5. The summed E-state index contributed by atoms with van der Waals surface area (Å²) in [5, 5.41) is 17.8. The summed E-state index contributed by atoms with van der Waals surface area (Å²) in [5.41, 5.74) is 0. The molecule has 0 bridgehead atoms. The third kappa shape index (κ3) is 87.7. The molecule has 0 aliphatic carbocycles. The quantitative estimate of drug-likeness (QED) is 0.536. The Bertz CT molecular complexity index is 201. The van der Waals surface area contributed by atoms with Gasteiger partial charge in [-0.1, -0.05) is 13.5 Å². The molecule has 0 fully saturated rings. The second kappa shape index (κ2) is 15.6. The molecule has 0 aliphatic rings. The first-order valence-corrected chi connectivity index (χ1v) is 4.42. The summed E-state index contributed by atoms with van der Waals surface area (Å²) >= 11 is 0. The van der Waals surface area contributed by atoms with E-state index in [0.29, 0.717) is 6.61 Å². The third-order valence-electron chi connectivity index (χ3n) is 0.615. The van der Waals surface area contributed by atoms with Crippen LogP contribution >= 0.6 is 0 Å². The lowest BCUT2D eigenvalue weighted by molar-refractivity contribution is -0.141. The first kappa shape index (κ1) is 19.7. The maximum Gasteiger partial charge on any atom is 0.352 e. The number of hydrogen-bond acceptors (Lipinski definition) is 4. The van der Waals surface area contributed by atoms with Crippen LogP contribution in [0.3, 0.4) is 0 Å². The fraction of sp³-hybridized carbons (Fsp3) is 0.500. The molecule has 0 aromatic heterocycles. The average molecular weight is 232 g/mol. The minimum absolute atomic E-state index is 0.341. The molecule has 92 valence electrons. The van der Waals surface area contributed by atoms with Gasteiger partial charge in [-0.3, -0.25) is 0 Å². The van der Waals surface area contributed by atoms with Crippen molar-refractivity contribution < 1.29 is 29.3 Å². The fourth-order valence-corrected chi connectivity index (χ4v) is 0.262. The number of carbonyl (C=O) groups is 3. The molecule has 16 heavy (non-hydrogen) atoms. The minimum atomic E-state index is -1.08. The normalized spacial score (nSPS) is 7.19. The maximum atomic E-state index is 10.2. The van der Waals surface area contributed by atoms with E-state index >= 15 is 0 Å². The summed E-state index contributed by atoms with van der Waals surface area (Å²) in [6.07, 6.45) is 2.02. The summed E-state index contributed by atoms with van der Waals surface area (Å²) < 4.78 is 4.58. The molecule has 6 nitrogen and oxygen atoms in total. The van der Waals surface area contributed by atoms with Crippen LogP contribution in [-0.2, 0) is 29.3 Å². The molecule has 0 saturated heterocycles. The van der Waals surface area contributed by atoms with Crippen LogP contribution in [0.5, 0.6) is 0 Å². The summed E-state index contributed by atoms with van der Waals surface area (Å²) in [5.74, 6) is -2.51. The second-order valence-corrected chi connectivity index (χ2v) is 2.35. The third-order valence-corrected chi connectivity index (χ3v) is 0.615. The van der Waals surface area contributed by atoms with Gasteiger partial charge in [-0.05, 0) is 6.42 Å². The Hall–Kier alpha value is -1.85. The van der Waals surface area contributed by atoms with E-state index in [9.17, 15) is 4.79 Å². The molecular weight excluding hydrogens is 216 g/mol. The van der Waals surface area contributed by atoms with Crippen molar-refractivity contribution in [1.29, 1.82) is 0 Å². The highest BCUT2D eigenvalue weighted by molar-refractivity contribution is 5.81. The van der Waals surface area contributed by atoms with E-state index < -0.39 is 11.9 Å². The zero-order valence-corrected chi connectivity index (χ0v) is 9.65. The average Bonchev–Trinajstić information content (AvgIpc) is 2.12. The summed E-state index contributed by atoms with van der Waals surface area (Å²) in [6, 6.07) is 0. The largest absolute Gasteiger partial charge is 0.463 e. The van der Waals surface area contributed by atoms with Crippen LogP contribution in [0.25, 0.3) is 0 Å². The van der Waals surface area contributed by atoms with Crippen molar-refractivity contribution in [3.8, 4) is 0 Å². The van der Waals surface area contributed by atoms with Crippen molar-refractivity contribution in [3.05, 3.63) is 12.7 Å². The van der Waals surface area contributed by atoms with Crippen LogP contribution < -0.4 is 0 Å². The smallest absolute Gasteiger partial charge is 0.352 e. The number of hydrogen-bond donors (Lipinski definition) is 0. The van der Waals surface area contributed by atoms with Crippen molar-refractivity contribution >= 4 is 17.9 Å². The van der Waals surface area contributed by atoms with Crippen LogP contribution in [-0.4, -0.2) is 24.5 Å². The SMILES string of the molecule is C=CC(=O)OCCC.CC([O])=O.CC([O])=O. The Kier molecular flexibility index (Phi) is 19.2. The molecule has 2 radical (unpaired) electrons. The molecule has 0 amide bonds. The monoisotopic (exact) mass is 232 g/mol. The van der Waals surface area contributed by atoms with Crippen LogP contribution in [0.15, 0.2) is 12.7 Å². The molecule has 0 saturated carbocycles. The van der Waals surface area contributed by atoms with Gasteiger partial charge in [-0.2, -0.15) is 0 Å². The molecule has 0 heterocycles. The van der Waals surface area contributed by atoms with Crippen molar-refractivity contribution in [1.82, 2.24) is 0 Å². The Morgan fingerprint density at radius 2 is 1.44 bits per heavy atom. The van der Waals surface area contributed by atoms with Gasteiger partial charge in [0.15, 0.2) is 0 Å². The van der Waals surface area contributed by atoms with E-state index in [4.69, 9.17) is 19.8 Å². The molecular formula is C10H16O6. The molecule has 0 aliphatic heterocycles. The summed E-state index contributed by atoms with van der Waals surface area (Å²) in [7, 11) is 0. The van der Waals surface area contributed by atoms with Gasteiger partial charge < -0.3 is 4.74 Å². The zero-order chi connectivity index (χ0) is 13.6. The Morgan fingerprint density at radius 3 is 1.62 bits per heavy atom. The van der Waals surface area contributed by atoms with Gasteiger partial charge in [-0.25, -0.2) is 24.6 Å². The standard InChI is InChI=1S/C6H10O2.2C2H3O2/c1-3-5-8-6(7)4-2;2*1-2(3)4/h4H,2-3,5H2,1H3;2*1H3. The Balaban J connectivity index is -0.000000179. The molecule has 0 unspecified atom stereocenters. The maximum absolute atomic E-state index is 10.2. The highest BCUT2D eigenvalue weighted by Crippen LogP contribution is 1.81. The molecule has 0 atom stereocenters. The number of esters is 1. The lowest BCUT2D eigenvalue weighted by Gasteiger charge is -1.94. The predicted molar refractivity (Wildman–Crippen MR) is 54.2 cm³/mol. The van der Waals surface area contributed by atoms with Crippen molar-refractivity contribution in [2.45, 2.75) is 27.2 Å². The molecule has 0 spiro atoms. The molecule has 6 heteroatoms. The van der Waals surface area contributed by atoms with Gasteiger partial charge in [-0.15, -0.1) is 0 Å². The van der Waals surface area contributed by atoms with Crippen LogP contribution in [0.2, 0.25) is 0 Å². The van der Waals surface area contributed by atoms with Crippen LogP contribution in [0.1, 0.15) is 27.2 Å². The number of carbonyl (C=O) groups excluding carboxylic acids is 3. The zero-order valence-electron chi connectivity index (χ0n) is 9.65. The fourth-order valence-electron chi connectivity index (χ4n) is 0.262. The molecule has 0 aromatic carbocycles. The minimum Gasteiger partial charge on any atom is -0.463 e. The summed E-state index contributed by atoms with van der Waals surface area (Å²) in [6.45, 7) is 7.62. The van der Waals surface area contributed by atoms with E-state index in [1.807, 2.05) is 6.92 Å². The van der Waals surface area contributed by atoms with E-state index in [-0.39, 0.29) is 5.97 Å². The van der Waals surface area contributed by atoms with Gasteiger partial charge in [0.05, 0.1) is 6.61 Å². The molecule has 0 rings (SSSR count). The number of ether oxygens (including phenoxy) is 1. The second-order valence-electron chi connectivity index (χ2n) is 2.35. The Morgan fingerprint density at radius 1 is 1.12 bits per heavy atom. The van der Waals surface area contributed by atoms with Crippen LogP contribution in [0.4, 0.5) is 0 Å². The molecule has 0 aromatic rings. The Labute approximate surface area is 94.5 Å². The van der Waals surface area contributed by atoms with Crippen LogP contribution in [0, 0.1) is 0 Å². The number of rotatable bonds is 3. The van der Waals surface area contributed by atoms with E-state index in [1.54, 1.807) is 0 Å². The van der Waals surface area contributed by atoms with Crippen molar-refractivity contribution in [2.75, 3.05) is 6.61 Å². The van der Waals surface area contributed by atoms with E-state index in [0.717, 1.165) is 26.3 Å². The lowest BCUT2D eigenvalue weighted by atomic mass is 10.5. The summed E-state index contributed by atoms with van der Waals surface area (Å²) in [4.78, 5) is 28.0. The van der Waals surface area contributed by atoms with Gasteiger partial charge in [0.2, 0.25) is 0 Å². The molecule has 0 N–H and O–H groups in total. The van der Waals surface area contributed by atoms with Gasteiger partial charge in [0.1, 0.15) is 0 Å². The topological polar surface area (TPSA) is 100 Å². The first-order valence-electron chi connectivity index (χ1n) is 4.42. The van der Waals surface area contributed by atoms with Gasteiger partial charge in [0, 0.05) is 19.9 Å². The predicted octanol–water partition coefficient (Wildman–Crippen LogP) is 1.05. The van der Waals surface area contributed by atoms with Crippen molar-refractivity contribution in [2.24, 2.45) is 0 Å². The first-order chi connectivity index (χ1) is 7.27. The highest BCUT2D eigenvalue weighted by Gasteiger charge is 1.89. The van der Waals surface area contributed by atoms with Gasteiger partial charge in [0.25, 0.3) is 0 Å². The van der Waals surface area contributed by atoms with Gasteiger partial charge >= 0.3 is 17.9 Å². The van der Waals surface area contributed by atoms with Crippen molar-refractivity contribution in [3.63, 3.8) is 0 Å². The lowest BCUT2D eigenvalue weighted by Crippen LogP contribution is -1.99. The van der Waals surface area contributed by atoms with E-state index in [1.165, 1.54) is 0 Å². The van der Waals surface area contributed by atoms with E-state index in [2.05, 4.69) is 11.3 Å².